The van der Waals surface area contributed by atoms with E-state index in [4.69, 9.17) is 16.3 Å². The molecule has 0 radical (unpaired) electrons. The van der Waals surface area contributed by atoms with Gasteiger partial charge in [-0.15, -0.1) is 0 Å². The third-order valence-electron chi connectivity index (χ3n) is 5.87. The number of hydrogen-bond donors (Lipinski definition) is 1. The number of ketones is 1. The van der Waals surface area contributed by atoms with Crippen molar-refractivity contribution in [2.45, 2.75) is 18.4 Å². The maximum Gasteiger partial charge on any atom is 0.311 e. The minimum atomic E-state index is -2.15. The summed E-state index contributed by atoms with van der Waals surface area (Å²) >= 11 is 6.15. The maximum absolute atomic E-state index is 13.4. The summed E-state index contributed by atoms with van der Waals surface area (Å²) in [7, 11) is 1.29. The number of halogens is 1. The first-order valence-electron chi connectivity index (χ1n) is 10.5. The fourth-order valence-electron chi connectivity index (χ4n) is 4.14. The minimum absolute atomic E-state index is 0.00131. The number of nitro benzene ring substituents is 1. The van der Waals surface area contributed by atoms with Crippen molar-refractivity contribution >= 4 is 34.7 Å². The topological polar surface area (TPSA) is 110 Å². The fourth-order valence-corrected chi connectivity index (χ4v) is 4.31. The zero-order valence-corrected chi connectivity index (χ0v) is 19.0. The first-order valence-corrected chi connectivity index (χ1v) is 10.9. The highest BCUT2D eigenvalue weighted by Gasteiger charge is 2.51. The Morgan fingerprint density at radius 3 is 2.56 bits per heavy atom. The molecule has 0 aliphatic carbocycles. The van der Waals surface area contributed by atoms with Crippen molar-refractivity contribution in [2.75, 3.05) is 18.6 Å². The quantitative estimate of drug-likeness (QED) is 0.292. The zero-order chi connectivity index (χ0) is 24.5. The molecule has 4 rings (SSSR count). The molecule has 0 unspecified atom stereocenters. The summed E-state index contributed by atoms with van der Waals surface area (Å²) in [4.78, 5) is 38.6. The molecule has 0 fully saturated rings. The van der Waals surface area contributed by atoms with Gasteiger partial charge in [0.25, 0.3) is 5.91 Å². The van der Waals surface area contributed by atoms with Crippen LogP contribution >= 0.6 is 11.6 Å². The van der Waals surface area contributed by atoms with E-state index in [9.17, 15) is 24.8 Å². The van der Waals surface area contributed by atoms with Crippen LogP contribution in [0.2, 0.25) is 5.02 Å². The Labute approximate surface area is 200 Å². The summed E-state index contributed by atoms with van der Waals surface area (Å²) < 4.78 is 4.97. The molecule has 0 bridgehead atoms. The molecule has 34 heavy (non-hydrogen) atoms. The van der Waals surface area contributed by atoms with Crippen LogP contribution in [0.3, 0.4) is 0 Å². The van der Waals surface area contributed by atoms with Crippen molar-refractivity contribution in [2.24, 2.45) is 0 Å². The molecule has 1 amide bonds. The molecule has 8 nitrogen and oxygen atoms in total. The number of fused-ring (bicyclic) bond motifs is 1. The second-order valence-electron chi connectivity index (χ2n) is 7.96. The van der Waals surface area contributed by atoms with Gasteiger partial charge in [-0.2, -0.15) is 0 Å². The monoisotopic (exact) mass is 480 g/mol. The molecular formula is C25H21ClN2O6. The van der Waals surface area contributed by atoms with Crippen molar-refractivity contribution < 1.29 is 24.4 Å². The summed E-state index contributed by atoms with van der Waals surface area (Å²) in [5.41, 5.74) is -0.826. The van der Waals surface area contributed by atoms with Gasteiger partial charge in [-0.3, -0.25) is 19.7 Å². The van der Waals surface area contributed by atoms with E-state index >= 15 is 0 Å². The number of amides is 1. The zero-order valence-electron chi connectivity index (χ0n) is 18.2. The number of aliphatic hydroxyl groups is 1. The first kappa shape index (κ1) is 23.4. The molecule has 9 heteroatoms. The molecule has 3 aromatic carbocycles. The molecule has 174 valence electrons. The number of anilines is 1. The van der Waals surface area contributed by atoms with Crippen LogP contribution in [0.25, 0.3) is 0 Å². The van der Waals surface area contributed by atoms with Gasteiger partial charge in [0.2, 0.25) is 0 Å². The van der Waals surface area contributed by atoms with Crippen molar-refractivity contribution in [3.05, 3.63) is 98.6 Å². The number of benzene rings is 3. The number of hydrogen-bond acceptors (Lipinski definition) is 6. The lowest BCUT2D eigenvalue weighted by Gasteiger charge is -2.23. The number of Topliss-reactive ketones (excluding diaryl/α,β-unsaturated/α-hetero) is 1. The van der Waals surface area contributed by atoms with Gasteiger partial charge in [-0.05, 0) is 42.3 Å². The van der Waals surface area contributed by atoms with E-state index in [-0.39, 0.29) is 22.6 Å². The molecule has 1 aliphatic rings. The third-order valence-corrected chi connectivity index (χ3v) is 6.11. The molecule has 0 saturated heterocycles. The third kappa shape index (κ3) is 4.25. The molecule has 0 saturated carbocycles. The van der Waals surface area contributed by atoms with Gasteiger partial charge in [-0.1, -0.05) is 41.9 Å². The Morgan fingerprint density at radius 1 is 1.15 bits per heavy atom. The standard InChI is InChI=1S/C25H21ClN2O6/c1-34-23-10-7-17(13-21(23)28(32)33)22(29)15-25(31)19-14-18(26)8-9-20(19)27(24(25)30)12-11-16-5-3-2-4-6-16/h2-10,13-14,31H,11-12,15H2,1H3/t25-/m1/s1. The second kappa shape index (κ2) is 9.24. The highest BCUT2D eigenvalue weighted by molar-refractivity contribution is 6.31. The number of rotatable bonds is 8. The van der Waals surface area contributed by atoms with E-state index in [0.29, 0.717) is 23.7 Å². The van der Waals surface area contributed by atoms with Crippen LogP contribution in [0.5, 0.6) is 5.75 Å². The first-order chi connectivity index (χ1) is 16.2. The lowest BCUT2D eigenvalue weighted by Crippen LogP contribution is -2.42. The van der Waals surface area contributed by atoms with Gasteiger partial charge in [0.1, 0.15) is 0 Å². The Hall–Kier alpha value is -3.75. The van der Waals surface area contributed by atoms with E-state index in [0.717, 1.165) is 11.6 Å². The van der Waals surface area contributed by atoms with Gasteiger partial charge in [0.15, 0.2) is 17.1 Å². The van der Waals surface area contributed by atoms with E-state index < -0.39 is 28.6 Å². The summed E-state index contributed by atoms with van der Waals surface area (Å²) in [5, 5.41) is 23.1. The van der Waals surface area contributed by atoms with E-state index in [2.05, 4.69) is 0 Å². The average Bonchev–Trinajstić information content (AvgIpc) is 3.03. The highest BCUT2D eigenvalue weighted by Crippen LogP contribution is 2.44. The molecule has 1 N–H and O–H groups in total. The Balaban J connectivity index is 1.65. The molecular weight excluding hydrogens is 460 g/mol. The largest absolute Gasteiger partial charge is 0.490 e. The van der Waals surface area contributed by atoms with Crippen LogP contribution in [0, 0.1) is 10.1 Å². The number of nitro groups is 1. The van der Waals surface area contributed by atoms with Crippen molar-refractivity contribution in [1.29, 1.82) is 0 Å². The number of carbonyl (C=O) groups is 2. The Morgan fingerprint density at radius 2 is 1.88 bits per heavy atom. The molecule has 1 atom stereocenters. The Bertz CT molecular complexity index is 1280. The number of carbonyl (C=O) groups excluding carboxylic acids is 2. The summed E-state index contributed by atoms with van der Waals surface area (Å²) in [5.74, 6) is -1.27. The molecule has 0 spiro atoms. The minimum Gasteiger partial charge on any atom is -0.490 e. The number of methoxy groups -OCH3 is 1. The number of nitrogens with zero attached hydrogens (tertiary/aromatic N) is 2. The van der Waals surface area contributed by atoms with Crippen molar-refractivity contribution in [3.63, 3.8) is 0 Å². The predicted octanol–water partition coefficient (Wildman–Crippen LogP) is 4.31. The van der Waals surface area contributed by atoms with Crippen LogP contribution < -0.4 is 9.64 Å². The van der Waals surface area contributed by atoms with Gasteiger partial charge < -0.3 is 14.7 Å². The molecule has 1 aliphatic heterocycles. The number of ether oxygens (including phenoxy) is 1. The molecule has 0 aromatic heterocycles. The van der Waals surface area contributed by atoms with Crippen LogP contribution in [0.1, 0.15) is 27.9 Å². The van der Waals surface area contributed by atoms with Crippen LogP contribution in [-0.2, 0) is 16.8 Å². The Kier molecular flexibility index (Phi) is 6.37. The summed E-state index contributed by atoms with van der Waals surface area (Å²) in [6.07, 6.45) is -0.0478. The van der Waals surface area contributed by atoms with Gasteiger partial charge >= 0.3 is 5.69 Å². The van der Waals surface area contributed by atoms with E-state index in [1.165, 1.54) is 30.2 Å². The van der Waals surface area contributed by atoms with Crippen LogP contribution in [0.15, 0.2) is 66.7 Å². The predicted molar refractivity (Wildman–Crippen MR) is 126 cm³/mol. The lowest BCUT2D eigenvalue weighted by atomic mass is 9.88. The van der Waals surface area contributed by atoms with Crippen molar-refractivity contribution in [3.8, 4) is 5.75 Å². The highest BCUT2D eigenvalue weighted by atomic mass is 35.5. The van der Waals surface area contributed by atoms with Gasteiger partial charge in [0.05, 0.1) is 24.1 Å². The maximum atomic E-state index is 13.4. The average molecular weight is 481 g/mol. The fraction of sp³-hybridized carbons (Fsp3) is 0.200. The summed E-state index contributed by atoms with van der Waals surface area (Å²) in [6.45, 7) is 0.294. The normalized spacial score (nSPS) is 16.9. The molecule has 1 heterocycles. The summed E-state index contributed by atoms with van der Waals surface area (Å²) in [6, 6.07) is 18.1. The van der Waals surface area contributed by atoms with Crippen LogP contribution in [0.4, 0.5) is 11.4 Å². The van der Waals surface area contributed by atoms with Crippen LogP contribution in [-0.4, -0.2) is 35.4 Å². The SMILES string of the molecule is COc1ccc(C(=O)C[C@]2(O)C(=O)N(CCc3ccccc3)c3ccc(Cl)cc32)cc1[N+](=O)[O-]. The van der Waals surface area contributed by atoms with E-state index in [1.807, 2.05) is 30.3 Å². The van der Waals surface area contributed by atoms with Gasteiger partial charge in [-0.25, -0.2) is 0 Å². The smallest absolute Gasteiger partial charge is 0.311 e. The van der Waals surface area contributed by atoms with Gasteiger partial charge in [0, 0.05) is 28.8 Å². The van der Waals surface area contributed by atoms with Crippen molar-refractivity contribution in [1.82, 2.24) is 0 Å². The molecule has 3 aromatic rings. The lowest BCUT2D eigenvalue weighted by molar-refractivity contribution is -0.385. The second-order valence-corrected chi connectivity index (χ2v) is 8.39. The van der Waals surface area contributed by atoms with E-state index in [1.54, 1.807) is 12.1 Å².